The van der Waals surface area contributed by atoms with Crippen LogP contribution in [0.4, 0.5) is 0 Å². The van der Waals surface area contributed by atoms with Crippen LogP contribution in [0.3, 0.4) is 0 Å². The second-order valence-corrected chi connectivity index (χ2v) is 6.67. The normalized spacial score (nSPS) is 16.1. The first-order valence-corrected chi connectivity index (χ1v) is 8.34. The van der Waals surface area contributed by atoms with Gasteiger partial charge in [0.25, 0.3) is 5.91 Å². The zero-order valence-corrected chi connectivity index (χ0v) is 15.9. The van der Waals surface area contributed by atoms with E-state index in [0.717, 1.165) is 25.9 Å². The lowest BCUT2D eigenvalue weighted by Gasteiger charge is -2.37. The van der Waals surface area contributed by atoms with Gasteiger partial charge in [-0.3, -0.25) is 4.79 Å². The summed E-state index contributed by atoms with van der Waals surface area (Å²) in [7, 11) is 1.69. The largest absolute Gasteiger partial charge is 0.482 e. The maximum atomic E-state index is 12.0. The van der Waals surface area contributed by atoms with Crippen LogP contribution in [-0.4, -0.2) is 45.9 Å². The summed E-state index contributed by atoms with van der Waals surface area (Å²) in [6.45, 7) is 3.02. The van der Waals surface area contributed by atoms with Gasteiger partial charge in [-0.1, -0.05) is 23.2 Å². The number of halogens is 3. The van der Waals surface area contributed by atoms with Gasteiger partial charge in [-0.25, -0.2) is 0 Å². The number of benzene rings is 1. The third-order valence-corrected chi connectivity index (χ3v) is 4.56. The van der Waals surface area contributed by atoms with Crippen LogP contribution in [0.15, 0.2) is 18.2 Å². The molecule has 0 bridgehead atoms. The van der Waals surface area contributed by atoms with Gasteiger partial charge in [-0.05, 0) is 44.1 Å². The van der Waals surface area contributed by atoms with Crippen LogP contribution in [-0.2, 0) is 9.53 Å². The first-order chi connectivity index (χ1) is 11.0. The Morgan fingerprint density at radius 2 is 2.04 bits per heavy atom. The van der Waals surface area contributed by atoms with Crippen molar-refractivity contribution >= 4 is 41.5 Å². The summed E-state index contributed by atoms with van der Waals surface area (Å²) in [5.41, 5.74) is -0.00637. The average molecular weight is 398 g/mol. The molecule has 136 valence electrons. The van der Waals surface area contributed by atoms with Gasteiger partial charge in [0.2, 0.25) is 0 Å². The molecule has 1 fully saturated rings. The molecule has 1 saturated heterocycles. The van der Waals surface area contributed by atoms with Gasteiger partial charge in [0.15, 0.2) is 6.61 Å². The lowest BCUT2D eigenvalue weighted by molar-refractivity contribution is -0.124. The van der Waals surface area contributed by atoms with Crippen molar-refractivity contribution in [1.82, 2.24) is 10.6 Å². The van der Waals surface area contributed by atoms with Gasteiger partial charge < -0.3 is 20.1 Å². The fourth-order valence-electron chi connectivity index (χ4n) is 2.71. The number of nitrogens with one attached hydrogen (secondary N) is 2. The van der Waals surface area contributed by atoms with Gasteiger partial charge in [0, 0.05) is 24.1 Å². The highest BCUT2D eigenvalue weighted by Crippen LogP contribution is 2.29. The Balaban J connectivity index is 0.00000288. The molecule has 0 saturated carbocycles. The minimum absolute atomic E-state index is 0. The molecule has 0 aliphatic carbocycles. The molecule has 2 rings (SSSR count). The Hall–Kier alpha value is -0.720. The lowest BCUT2D eigenvalue weighted by Crippen LogP contribution is -2.47. The van der Waals surface area contributed by atoms with E-state index >= 15 is 0 Å². The maximum absolute atomic E-state index is 12.0. The Morgan fingerprint density at radius 3 is 2.67 bits per heavy atom. The van der Waals surface area contributed by atoms with Crippen molar-refractivity contribution in [3.8, 4) is 5.75 Å². The molecule has 1 aromatic carbocycles. The average Bonchev–Trinajstić information content (AvgIpc) is 2.53. The van der Waals surface area contributed by atoms with E-state index in [1.807, 2.05) is 0 Å². The Labute approximate surface area is 158 Å². The topological polar surface area (TPSA) is 59.6 Å². The number of methoxy groups -OCH3 is 1. The molecule has 24 heavy (non-hydrogen) atoms. The molecule has 2 N–H and O–H groups in total. The molecule has 0 atom stereocenters. The zero-order valence-electron chi connectivity index (χ0n) is 13.6. The Kier molecular flexibility index (Phi) is 9.16. The molecule has 1 heterocycles. The Morgan fingerprint density at radius 1 is 1.33 bits per heavy atom. The molecule has 1 aliphatic heterocycles. The van der Waals surface area contributed by atoms with Crippen molar-refractivity contribution in [2.24, 2.45) is 5.41 Å². The number of carbonyl (C=O) groups is 1. The van der Waals surface area contributed by atoms with Crippen LogP contribution in [0.5, 0.6) is 5.75 Å². The van der Waals surface area contributed by atoms with E-state index in [1.54, 1.807) is 25.3 Å². The fourth-order valence-corrected chi connectivity index (χ4v) is 3.17. The van der Waals surface area contributed by atoms with Gasteiger partial charge >= 0.3 is 0 Å². The fraction of sp³-hybridized carbons (Fsp3) is 0.562. The first kappa shape index (κ1) is 21.3. The second-order valence-electron chi connectivity index (χ2n) is 5.82. The summed E-state index contributed by atoms with van der Waals surface area (Å²) in [6, 6.07) is 4.90. The van der Waals surface area contributed by atoms with E-state index in [0.29, 0.717) is 28.9 Å². The molecule has 8 heteroatoms. The highest BCUT2D eigenvalue weighted by molar-refractivity contribution is 6.35. The molecule has 0 radical (unpaired) electrons. The zero-order chi connectivity index (χ0) is 16.7. The van der Waals surface area contributed by atoms with Crippen molar-refractivity contribution < 1.29 is 14.3 Å². The molecule has 0 spiro atoms. The van der Waals surface area contributed by atoms with Crippen LogP contribution in [0.25, 0.3) is 0 Å². The summed E-state index contributed by atoms with van der Waals surface area (Å²) < 4.78 is 10.8. The number of carbonyl (C=O) groups excluding carboxylic acids is 1. The van der Waals surface area contributed by atoms with Crippen LogP contribution < -0.4 is 15.4 Å². The van der Waals surface area contributed by atoms with Crippen LogP contribution in [0.2, 0.25) is 10.0 Å². The molecule has 1 aromatic rings. The predicted molar refractivity (Wildman–Crippen MR) is 98.6 cm³/mol. The standard InChI is InChI=1S/C16H22Cl2N2O3.ClH/c1-22-11-16(4-6-19-7-5-16)10-20-15(21)9-23-14-3-2-12(17)8-13(14)18;/h2-3,8,19H,4-7,9-11H2,1H3,(H,20,21);1H. The van der Waals surface area contributed by atoms with E-state index in [2.05, 4.69) is 10.6 Å². The van der Waals surface area contributed by atoms with Crippen molar-refractivity contribution in [3.05, 3.63) is 28.2 Å². The predicted octanol–water partition coefficient (Wildman–Crippen LogP) is 2.93. The van der Waals surface area contributed by atoms with Crippen LogP contribution in [0, 0.1) is 5.41 Å². The van der Waals surface area contributed by atoms with E-state index in [9.17, 15) is 4.79 Å². The SMILES string of the molecule is COCC1(CNC(=O)COc2ccc(Cl)cc2Cl)CCNCC1.Cl. The molecule has 1 amide bonds. The maximum Gasteiger partial charge on any atom is 0.257 e. The summed E-state index contributed by atoms with van der Waals surface area (Å²) in [4.78, 5) is 12.0. The molecule has 1 aliphatic rings. The van der Waals surface area contributed by atoms with Gasteiger partial charge in [-0.15, -0.1) is 12.4 Å². The molecular weight excluding hydrogens is 375 g/mol. The highest BCUT2D eigenvalue weighted by Gasteiger charge is 2.32. The van der Waals surface area contributed by atoms with Crippen molar-refractivity contribution in [3.63, 3.8) is 0 Å². The molecule has 0 aromatic heterocycles. The molecular formula is C16H23Cl3N2O3. The van der Waals surface area contributed by atoms with Crippen LogP contribution >= 0.6 is 35.6 Å². The molecule has 0 unspecified atom stereocenters. The number of amides is 1. The number of hydrogen-bond donors (Lipinski definition) is 2. The summed E-state index contributed by atoms with van der Waals surface area (Å²) in [6.07, 6.45) is 1.95. The number of hydrogen-bond acceptors (Lipinski definition) is 4. The van der Waals surface area contributed by atoms with Gasteiger partial charge in [0.1, 0.15) is 5.75 Å². The van der Waals surface area contributed by atoms with Gasteiger partial charge in [-0.2, -0.15) is 0 Å². The minimum Gasteiger partial charge on any atom is -0.482 e. The number of ether oxygens (including phenoxy) is 2. The highest BCUT2D eigenvalue weighted by atomic mass is 35.5. The summed E-state index contributed by atoms with van der Waals surface area (Å²) >= 11 is 11.8. The van der Waals surface area contributed by atoms with Crippen LogP contribution in [0.1, 0.15) is 12.8 Å². The third kappa shape index (κ3) is 6.30. The second kappa shape index (κ2) is 10.3. The van der Waals surface area contributed by atoms with E-state index in [4.69, 9.17) is 32.7 Å². The van der Waals surface area contributed by atoms with E-state index < -0.39 is 0 Å². The van der Waals surface area contributed by atoms with E-state index in [1.165, 1.54) is 0 Å². The number of rotatable bonds is 7. The van der Waals surface area contributed by atoms with Crippen molar-refractivity contribution in [2.45, 2.75) is 12.8 Å². The summed E-state index contributed by atoms with van der Waals surface area (Å²) in [5.74, 6) is 0.268. The monoisotopic (exact) mass is 396 g/mol. The minimum atomic E-state index is -0.176. The van der Waals surface area contributed by atoms with Crippen molar-refractivity contribution in [2.75, 3.05) is 40.0 Å². The smallest absolute Gasteiger partial charge is 0.257 e. The molecule has 5 nitrogen and oxygen atoms in total. The number of piperidine rings is 1. The van der Waals surface area contributed by atoms with E-state index in [-0.39, 0.29) is 30.3 Å². The third-order valence-electron chi connectivity index (χ3n) is 4.03. The van der Waals surface area contributed by atoms with Gasteiger partial charge in [0.05, 0.1) is 11.6 Å². The van der Waals surface area contributed by atoms with Crippen molar-refractivity contribution in [1.29, 1.82) is 0 Å². The quantitative estimate of drug-likeness (QED) is 0.743. The summed E-state index contributed by atoms with van der Waals surface area (Å²) in [5, 5.41) is 7.18. The lowest BCUT2D eigenvalue weighted by atomic mass is 9.79. The first-order valence-electron chi connectivity index (χ1n) is 7.59. The Bertz CT molecular complexity index is 532.